The summed E-state index contributed by atoms with van der Waals surface area (Å²) in [5.74, 6) is 1.70. The van der Waals surface area contributed by atoms with E-state index in [0.717, 1.165) is 22.6 Å². The van der Waals surface area contributed by atoms with Crippen molar-refractivity contribution in [1.82, 2.24) is 0 Å². The minimum atomic E-state index is -0.302. The molecule has 0 aliphatic carbocycles. The standard InChI is InChI=1S/C13H21NO2S/c1-9(15)10(2)17-8-12-6-11(7-14)4-5-13(12)16-3/h4-6,9-10,15H,7-8,14H2,1-3H3. The molecule has 2 unspecified atom stereocenters. The monoisotopic (exact) mass is 255 g/mol. The molecular formula is C13H21NO2S. The van der Waals surface area contributed by atoms with Crippen molar-refractivity contribution >= 4 is 11.8 Å². The molecule has 4 heteroatoms. The fourth-order valence-electron chi connectivity index (χ4n) is 1.43. The molecule has 0 amide bonds. The second-order valence-corrected chi connectivity index (χ2v) is 5.47. The van der Waals surface area contributed by atoms with E-state index in [4.69, 9.17) is 10.5 Å². The molecular weight excluding hydrogens is 234 g/mol. The van der Waals surface area contributed by atoms with Crippen LogP contribution < -0.4 is 10.5 Å². The number of hydrogen-bond donors (Lipinski definition) is 2. The molecule has 0 aromatic heterocycles. The van der Waals surface area contributed by atoms with E-state index >= 15 is 0 Å². The van der Waals surface area contributed by atoms with Crippen molar-refractivity contribution in [3.8, 4) is 5.75 Å². The number of methoxy groups -OCH3 is 1. The van der Waals surface area contributed by atoms with Crippen molar-refractivity contribution in [2.45, 2.75) is 37.5 Å². The van der Waals surface area contributed by atoms with Gasteiger partial charge in [0.25, 0.3) is 0 Å². The van der Waals surface area contributed by atoms with Crippen molar-refractivity contribution in [3.63, 3.8) is 0 Å². The van der Waals surface area contributed by atoms with Gasteiger partial charge >= 0.3 is 0 Å². The lowest BCUT2D eigenvalue weighted by Crippen LogP contribution is -2.15. The van der Waals surface area contributed by atoms with Crippen LogP contribution in [0.2, 0.25) is 0 Å². The maximum absolute atomic E-state index is 9.45. The Kier molecular flexibility index (Phi) is 5.82. The first-order chi connectivity index (χ1) is 8.08. The third-order valence-corrected chi connectivity index (χ3v) is 4.16. The van der Waals surface area contributed by atoms with E-state index in [2.05, 4.69) is 6.07 Å². The van der Waals surface area contributed by atoms with Gasteiger partial charge in [-0.3, -0.25) is 0 Å². The number of aliphatic hydroxyl groups excluding tert-OH is 1. The summed E-state index contributed by atoms with van der Waals surface area (Å²) in [5, 5.41) is 9.66. The maximum Gasteiger partial charge on any atom is 0.122 e. The highest BCUT2D eigenvalue weighted by Crippen LogP contribution is 2.27. The second kappa shape index (κ2) is 6.89. The summed E-state index contributed by atoms with van der Waals surface area (Å²) in [6.07, 6.45) is -0.302. The smallest absolute Gasteiger partial charge is 0.122 e. The normalized spacial score (nSPS) is 14.4. The first-order valence-corrected chi connectivity index (χ1v) is 6.79. The summed E-state index contributed by atoms with van der Waals surface area (Å²) in [4.78, 5) is 0. The summed E-state index contributed by atoms with van der Waals surface area (Å²) < 4.78 is 5.32. The number of hydrogen-bond acceptors (Lipinski definition) is 4. The third-order valence-electron chi connectivity index (χ3n) is 2.76. The van der Waals surface area contributed by atoms with Crippen LogP contribution in [-0.2, 0) is 12.3 Å². The number of nitrogens with two attached hydrogens (primary N) is 1. The number of rotatable bonds is 6. The Balaban J connectivity index is 2.74. The van der Waals surface area contributed by atoms with Crippen LogP contribution in [0.25, 0.3) is 0 Å². The Morgan fingerprint density at radius 3 is 2.65 bits per heavy atom. The molecule has 0 saturated carbocycles. The van der Waals surface area contributed by atoms with Gasteiger partial charge in [0.1, 0.15) is 5.75 Å². The van der Waals surface area contributed by atoms with Gasteiger partial charge in [0, 0.05) is 23.1 Å². The molecule has 0 spiro atoms. The largest absolute Gasteiger partial charge is 0.496 e. The van der Waals surface area contributed by atoms with Gasteiger partial charge in [-0.2, -0.15) is 11.8 Å². The van der Waals surface area contributed by atoms with E-state index in [9.17, 15) is 5.11 Å². The molecule has 0 radical (unpaired) electrons. The highest BCUT2D eigenvalue weighted by atomic mass is 32.2. The van der Waals surface area contributed by atoms with Crippen molar-refractivity contribution in [2.75, 3.05) is 7.11 Å². The lowest BCUT2D eigenvalue weighted by molar-refractivity contribution is 0.196. The van der Waals surface area contributed by atoms with E-state index < -0.39 is 0 Å². The highest BCUT2D eigenvalue weighted by Gasteiger charge is 2.11. The van der Waals surface area contributed by atoms with E-state index in [1.807, 2.05) is 26.0 Å². The zero-order valence-corrected chi connectivity index (χ0v) is 11.5. The van der Waals surface area contributed by atoms with E-state index in [1.165, 1.54) is 0 Å². The van der Waals surface area contributed by atoms with Crippen LogP contribution in [0.4, 0.5) is 0 Å². The van der Waals surface area contributed by atoms with Gasteiger partial charge < -0.3 is 15.6 Å². The topological polar surface area (TPSA) is 55.5 Å². The van der Waals surface area contributed by atoms with E-state index in [0.29, 0.717) is 6.54 Å². The first kappa shape index (κ1) is 14.4. The van der Waals surface area contributed by atoms with E-state index in [-0.39, 0.29) is 11.4 Å². The molecule has 1 aromatic rings. The highest BCUT2D eigenvalue weighted by molar-refractivity contribution is 7.99. The summed E-state index contributed by atoms with van der Waals surface area (Å²) in [6, 6.07) is 6.00. The fraction of sp³-hybridized carbons (Fsp3) is 0.538. The van der Waals surface area contributed by atoms with Crippen molar-refractivity contribution in [2.24, 2.45) is 5.73 Å². The summed E-state index contributed by atoms with van der Waals surface area (Å²) in [7, 11) is 1.67. The molecule has 0 aliphatic heterocycles. The predicted octanol–water partition coefficient (Wildman–Crippen LogP) is 2.16. The molecule has 1 aromatic carbocycles. The quantitative estimate of drug-likeness (QED) is 0.818. The number of ether oxygens (including phenoxy) is 1. The second-order valence-electron chi connectivity index (χ2n) is 4.11. The van der Waals surface area contributed by atoms with Gasteiger partial charge in [-0.25, -0.2) is 0 Å². The van der Waals surface area contributed by atoms with Crippen LogP contribution in [0.15, 0.2) is 18.2 Å². The van der Waals surface area contributed by atoms with Gasteiger partial charge in [0.2, 0.25) is 0 Å². The van der Waals surface area contributed by atoms with Gasteiger partial charge in [0.15, 0.2) is 0 Å². The Hall–Kier alpha value is -0.710. The zero-order chi connectivity index (χ0) is 12.8. The fourth-order valence-corrected chi connectivity index (χ4v) is 2.38. The average Bonchev–Trinajstić information content (AvgIpc) is 2.35. The molecule has 3 nitrogen and oxygen atoms in total. The summed E-state index contributed by atoms with van der Waals surface area (Å²) in [6.45, 7) is 4.37. The minimum Gasteiger partial charge on any atom is -0.496 e. The molecule has 0 heterocycles. The SMILES string of the molecule is COc1ccc(CN)cc1CSC(C)C(C)O. The van der Waals surface area contributed by atoms with Crippen molar-refractivity contribution in [3.05, 3.63) is 29.3 Å². The van der Waals surface area contributed by atoms with Crippen LogP contribution in [0.3, 0.4) is 0 Å². The average molecular weight is 255 g/mol. The van der Waals surface area contributed by atoms with Gasteiger partial charge in [-0.15, -0.1) is 0 Å². The molecule has 0 aliphatic rings. The van der Waals surface area contributed by atoms with Crippen LogP contribution in [0.1, 0.15) is 25.0 Å². The van der Waals surface area contributed by atoms with Crippen molar-refractivity contribution in [1.29, 1.82) is 0 Å². The maximum atomic E-state index is 9.45. The lowest BCUT2D eigenvalue weighted by Gasteiger charge is -2.15. The molecule has 0 saturated heterocycles. The van der Waals surface area contributed by atoms with Crippen LogP contribution >= 0.6 is 11.8 Å². The van der Waals surface area contributed by atoms with Crippen molar-refractivity contribution < 1.29 is 9.84 Å². The number of thioether (sulfide) groups is 1. The Morgan fingerprint density at radius 2 is 2.12 bits per heavy atom. The molecule has 0 fully saturated rings. The predicted molar refractivity (Wildman–Crippen MR) is 73.3 cm³/mol. The van der Waals surface area contributed by atoms with Gasteiger partial charge in [0.05, 0.1) is 13.2 Å². The van der Waals surface area contributed by atoms with Crippen LogP contribution in [-0.4, -0.2) is 23.6 Å². The van der Waals surface area contributed by atoms with Gasteiger partial charge in [-0.05, 0) is 24.6 Å². The molecule has 96 valence electrons. The van der Waals surface area contributed by atoms with Crippen LogP contribution in [0.5, 0.6) is 5.75 Å². The molecule has 1 rings (SSSR count). The summed E-state index contributed by atoms with van der Waals surface area (Å²) in [5.41, 5.74) is 7.86. The summed E-state index contributed by atoms with van der Waals surface area (Å²) >= 11 is 1.72. The number of benzene rings is 1. The zero-order valence-electron chi connectivity index (χ0n) is 10.6. The first-order valence-electron chi connectivity index (χ1n) is 5.74. The third kappa shape index (κ3) is 4.22. The van der Waals surface area contributed by atoms with Crippen LogP contribution in [0, 0.1) is 0 Å². The Labute approximate surface area is 107 Å². The molecule has 3 N–H and O–H groups in total. The Morgan fingerprint density at radius 1 is 1.41 bits per heavy atom. The van der Waals surface area contributed by atoms with E-state index in [1.54, 1.807) is 18.9 Å². The molecule has 0 bridgehead atoms. The minimum absolute atomic E-state index is 0.209. The molecule has 17 heavy (non-hydrogen) atoms. The Bertz CT molecular complexity index is 355. The van der Waals surface area contributed by atoms with Gasteiger partial charge in [-0.1, -0.05) is 13.0 Å². The number of aliphatic hydroxyl groups is 1. The molecule has 2 atom stereocenters. The lowest BCUT2D eigenvalue weighted by atomic mass is 10.1.